The first-order chi connectivity index (χ1) is 9.49. The number of rotatable bonds is 7. The molecule has 0 saturated carbocycles. The molecule has 1 amide bonds. The summed E-state index contributed by atoms with van der Waals surface area (Å²) in [5, 5.41) is 8.58. The molecule has 0 atom stereocenters. The van der Waals surface area contributed by atoms with Crippen molar-refractivity contribution in [3.05, 3.63) is 42.2 Å². The molecular formula is C14H19N3O3. The van der Waals surface area contributed by atoms with Crippen molar-refractivity contribution in [1.82, 2.24) is 14.8 Å². The average molecular weight is 277 g/mol. The monoisotopic (exact) mass is 277 g/mol. The van der Waals surface area contributed by atoms with Gasteiger partial charge in [0.15, 0.2) is 0 Å². The minimum atomic E-state index is -1.13. The molecule has 6 heteroatoms. The van der Waals surface area contributed by atoms with Crippen LogP contribution in [0.3, 0.4) is 0 Å². The van der Waals surface area contributed by atoms with Gasteiger partial charge in [-0.1, -0.05) is 6.07 Å². The van der Waals surface area contributed by atoms with Gasteiger partial charge in [-0.15, -0.1) is 0 Å². The normalized spacial score (nSPS) is 10.9. The fourth-order valence-corrected chi connectivity index (χ4v) is 1.55. The van der Waals surface area contributed by atoms with Gasteiger partial charge in [-0.25, -0.2) is 4.79 Å². The lowest BCUT2D eigenvalue weighted by molar-refractivity contribution is -0.132. The van der Waals surface area contributed by atoms with E-state index in [2.05, 4.69) is 4.98 Å². The first-order valence-corrected chi connectivity index (χ1v) is 6.22. The van der Waals surface area contributed by atoms with Crippen molar-refractivity contribution in [2.45, 2.75) is 6.54 Å². The van der Waals surface area contributed by atoms with Gasteiger partial charge in [-0.3, -0.25) is 9.78 Å². The Hall–Kier alpha value is -2.21. The van der Waals surface area contributed by atoms with Crippen molar-refractivity contribution in [1.29, 1.82) is 0 Å². The summed E-state index contributed by atoms with van der Waals surface area (Å²) >= 11 is 0. The Morgan fingerprint density at radius 2 is 2.05 bits per heavy atom. The van der Waals surface area contributed by atoms with Crippen LogP contribution in [0, 0.1) is 0 Å². The minimum absolute atomic E-state index is 0.321. The first kappa shape index (κ1) is 15.8. The van der Waals surface area contributed by atoms with Crippen LogP contribution >= 0.6 is 0 Å². The molecule has 1 rings (SSSR count). The lowest BCUT2D eigenvalue weighted by atomic mass is 10.2. The van der Waals surface area contributed by atoms with Gasteiger partial charge >= 0.3 is 5.97 Å². The Morgan fingerprint density at radius 3 is 2.60 bits per heavy atom. The zero-order valence-corrected chi connectivity index (χ0v) is 11.7. The Balaban J connectivity index is 2.74. The third-order valence-corrected chi connectivity index (χ3v) is 2.59. The number of pyridine rings is 1. The number of carboxylic acid groups (broad SMARTS) is 1. The molecule has 1 N–H and O–H groups in total. The summed E-state index contributed by atoms with van der Waals surface area (Å²) in [5.41, 5.74) is 0.906. The number of carboxylic acids is 1. The zero-order chi connectivity index (χ0) is 15.0. The lowest BCUT2D eigenvalue weighted by Crippen LogP contribution is -2.35. The number of hydrogen-bond donors (Lipinski definition) is 1. The molecule has 0 unspecified atom stereocenters. The molecule has 0 aliphatic rings. The van der Waals surface area contributed by atoms with E-state index in [1.165, 1.54) is 0 Å². The van der Waals surface area contributed by atoms with Crippen LogP contribution in [0.1, 0.15) is 5.56 Å². The van der Waals surface area contributed by atoms with Crippen molar-refractivity contribution in [2.75, 3.05) is 27.2 Å². The van der Waals surface area contributed by atoms with E-state index in [4.69, 9.17) is 5.11 Å². The summed E-state index contributed by atoms with van der Waals surface area (Å²) in [5.74, 6) is -1.45. The number of carbonyl (C=O) groups is 2. The molecule has 6 nitrogen and oxygen atoms in total. The number of aromatic nitrogens is 1. The predicted octanol–water partition coefficient (Wildman–Crippen LogP) is 0.613. The number of nitrogens with zero attached hydrogens (tertiary/aromatic N) is 3. The summed E-state index contributed by atoms with van der Waals surface area (Å²) in [7, 11) is 3.83. The van der Waals surface area contributed by atoms with E-state index in [0.717, 1.165) is 17.7 Å². The lowest BCUT2D eigenvalue weighted by Gasteiger charge is -2.23. The number of amides is 1. The van der Waals surface area contributed by atoms with Crippen LogP contribution in [-0.4, -0.2) is 59.0 Å². The largest absolute Gasteiger partial charge is 0.478 e. The standard InChI is InChI=1S/C14H19N3O3/c1-16(2)8-9-17(13(18)5-6-14(19)20)11-12-4-3-7-15-10-12/h3-7,10H,8-9,11H2,1-2H3,(H,19,20)/b6-5+. The summed E-state index contributed by atoms with van der Waals surface area (Å²) in [4.78, 5) is 30.0. The summed E-state index contributed by atoms with van der Waals surface area (Å²) in [6.45, 7) is 1.63. The smallest absolute Gasteiger partial charge is 0.328 e. The van der Waals surface area contributed by atoms with Gasteiger partial charge in [0.2, 0.25) is 5.91 Å². The third-order valence-electron chi connectivity index (χ3n) is 2.59. The third kappa shape index (κ3) is 6.10. The molecule has 0 aliphatic heterocycles. The van der Waals surface area contributed by atoms with Crippen LogP contribution in [0.4, 0.5) is 0 Å². The average Bonchev–Trinajstić information content (AvgIpc) is 2.41. The van der Waals surface area contributed by atoms with Gasteiger partial charge in [0.25, 0.3) is 0 Å². The van der Waals surface area contributed by atoms with Gasteiger partial charge in [0.1, 0.15) is 0 Å². The second kappa shape index (κ2) is 8.06. The van der Waals surface area contributed by atoms with Gasteiger partial charge in [-0.2, -0.15) is 0 Å². The quantitative estimate of drug-likeness (QED) is 0.739. The predicted molar refractivity (Wildman–Crippen MR) is 75.0 cm³/mol. The van der Waals surface area contributed by atoms with Crippen LogP contribution in [0.25, 0.3) is 0 Å². The molecule has 0 aliphatic carbocycles. The summed E-state index contributed by atoms with van der Waals surface area (Å²) in [6.07, 6.45) is 5.29. The van der Waals surface area contributed by atoms with Crippen LogP contribution in [0.5, 0.6) is 0 Å². The number of hydrogen-bond acceptors (Lipinski definition) is 4. The van der Waals surface area contributed by atoms with Crippen LogP contribution in [-0.2, 0) is 16.1 Å². The van der Waals surface area contributed by atoms with E-state index >= 15 is 0 Å². The van der Waals surface area contributed by atoms with E-state index in [9.17, 15) is 9.59 Å². The molecule has 1 aromatic rings. The van der Waals surface area contributed by atoms with Gasteiger partial charge < -0.3 is 14.9 Å². The van der Waals surface area contributed by atoms with Crippen molar-refractivity contribution in [3.63, 3.8) is 0 Å². The topological polar surface area (TPSA) is 73.7 Å². The number of likely N-dealkylation sites (N-methyl/N-ethyl adjacent to an activating group) is 1. The molecule has 0 aromatic carbocycles. The van der Waals surface area contributed by atoms with Crippen LogP contribution in [0.2, 0.25) is 0 Å². The second-order valence-corrected chi connectivity index (χ2v) is 4.60. The highest BCUT2D eigenvalue weighted by Gasteiger charge is 2.12. The van der Waals surface area contributed by atoms with Crippen molar-refractivity contribution in [2.24, 2.45) is 0 Å². The molecule has 0 spiro atoms. The molecule has 0 saturated heterocycles. The number of aliphatic carboxylic acids is 1. The van der Waals surface area contributed by atoms with Gasteiger partial charge in [0, 0.05) is 44.2 Å². The Labute approximate surface area is 118 Å². The molecular weight excluding hydrogens is 258 g/mol. The van der Waals surface area contributed by atoms with Crippen molar-refractivity contribution < 1.29 is 14.7 Å². The Kier molecular flexibility index (Phi) is 6.39. The summed E-state index contributed by atoms with van der Waals surface area (Å²) in [6, 6.07) is 3.68. The van der Waals surface area contributed by atoms with E-state index in [0.29, 0.717) is 19.6 Å². The van der Waals surface area contributed by atoms with Crippen LogP contribution < -0.4 is 0 Å². The van der Waals surface area contributed by atoms with Crippen LogP contribution in [0.15, 0.2) is 36.7 Å². The van der Waals surface area contributed by atoms with E-state index in [-0.39, 0.29) is 5.91 Å². The fourth-order valence-electron chi connectivity index (χ4n) is 1.55. The molecule has 1 aromatic heterocycles. The maximum atomic E-state index is 12.0. The van der Waals surface area contributed by atoms with Gasteiger partial charge in [-0.05, 0) is 25.7 Å². The Morgan fingerprint density at radius 1 is 1.30 bits per heavy atom. The highest BCUT2D eigenvalue weighted by atomic mass is 16.4. The molecule has 20 heavy (non-hydrogen) atoms. The highest BCUT2D eigenvalue weighted by molar-refractivity contribution is 5.93. The molecule has 0 radical (unpaired) electrons. The molecule has 0 fully saturated rings. The zero-order valence-electron chi connectivity index (χ0n) is 11.7. The maximum Gasteiger partial charge on any atom is 0.328 e. The molecule has 1 heterocycles. The second-order valence-electron chi connectivity index (χ2n) is 4.60. The first-order valence-electron chi connectivity index (χ1n) is 6.22. The van der Waals surface area contributed by atoms with E-state index in [1.807, 2.05) is 25.1 Å². The fraction of sp³-hybridized carbons (Fsp3) is 0.357. The summed E-state index contributed by atoms with van der Waals surface area (Å²) < 4.78 is 0. The molecule has 0 bridgehead atoms. The highest BCUT2D eigenvalue weighted by Crippen LogP contribution is 2.04. The van der Waals surface area contributed by atoms with E-state index < -0.39 is 5.97 Å². The van der Waals surface area contributed by atoms with Gasteiger partial charge in [0.05, 0.1) is 0 Å². The molecule has 108 valence electrons. The van der Waals surface area contributed by atoms with Crippen molar-refractivity contribution in [3.8, 4) is 0 Å². The van der Waals surface area contributed by atoms with E-state index in [1.54, 1.807) is 23.4 Å². The SMILES string of the molecule is CN(C)CCN(Cc1cccnc1)C(=O)/C=C/C(=O)O. The Bertz CT molecular complexity index is 472. The number of carbonyl (C=O) groups excluding carboxylic acids is 1. The minimum Gasteiger partial charge on any atom is -0.478 e. The van der Waals surface area contributed by atoms with Crippen molar-refractivity contribution >= 4 is 11.9 Å². The maximum absolute atomic E-state index is 12.0.